The van der Waals surface area contributed by atoms with E-state index in [1.54, 1.807) is 23.5 Å². The second-order valence-electron chi connectivity index (χ2n) is 6.95. The first-order valence-electron chi connectivity index (χ1n) is 9.70. The zero-order valence-electron chi connectivity index (χ0n) is 17.2. The number of amides is 1. The van der Waals surface area contributed by atoms with Gasteiger partial charge in [-0.1, -0.05) is 35.1 Å². The summed E-state index contributed by atoms with van der Waals surface area (Å²) in [5, 5.41) is 12.0. The Labute approximate surface area is 191 Å². The number of nitrogens with one attached hydrogen (secondary N) is 1. The number of hydrogen-bond acceptors (Lipinski definition) is 9. The minimum atomic E-state index is -0.253. The maximum Gasteiger partial charge on any atom is 0.256 e. The largest absolute Gasteiger partial charge is 0.443 e. The summed E-state index contributed by atoms with van der Waals surface area (Å²) in [6.07, 6.45) is 0. The summed E-state index contributed by atoms with van der Waals surface area (Å²) in [4.78, 5) is 26.3. The molecule has 4 heterocycles. The molecule has 5 rings (SSSR count). The molecular formula is C22H17N5O3S2. The lowest BCUT2D eigenvalue weighted by molar-refractivity contribution is 0.102. The molecule has 1 aromatic carbocycles. The highest BCUT2D eigenvalue weighted by atomic mass is 32.2. The zero-order chi connectivity index (χ0) is 22.1. The molecule has 0 saturated heterocycles. The Balaban J connectivity index is 1.42. The van der Waals surface area contributed by atoms with E-state index in [9.17, 15) is 4.79 Å². The Morgan fingerprint density at radius 3 is 2.75 bits per heavy atom. The van der Waals surface area contributed by atoms with Gasteiger partial charge < -0.3 is 14.3 Å². The number of carbonyl (C=O) groups excluding carboxylic acids is 1. The third-order valence-corrected chi connectivity index (χ3v) is 6.36. The van der Waals surface area contributed by atoms with E-state index in [1.165, 1.54) is 11.8 Å². The van der Waals surface area contributed by atoms with Crippen LogP contribution in [0.2, 0.25) is 0 Å². The van der Waals surface area contributed by atoms with Crippen molar-refractivity contribution in [3.63, 3.8) is 0 Å². The Morgan fingerprint density at radius 1 is 1.12 bits per heavy atom. The summed E-state index contributed by atoms with van der Waals surface area (Å²) < 4.78 is 11.2. The van der Waals surface area contributed by atoms with Gasteiger partial charge in [0.2, 0.25) is 17.4 Å². The van der Waals surface area contributed by atoms with E-state index in [4.69, 9.17) is 8.94 Å². The Morgan fingerprint density at radius 2 is 1.97 bits per heavy atom. The molecule has 0 aliphatic rings. The third kappa shape index (κ3) is 4.02. The number of benzene rings is 1. The quantitative estimate of drug-likeness (QED) is 0.260. The number of thiophene rings is 1. The average Bonchev–Trinajstić information content (AvgIpc) is 3.54. The highest BCUT2D eigenvalue weighted by Crippen LogP contribution is 2.32. The normalized spacial score (nSPS) is 11.2. The van der Waals surface area contributed by atoms with Crippen LogP contribution in [0.15, 0.2) is 61.3 Å². The van der Waals surface area contributed by atoms with Crippen LogP contribution in [0.3, 0.4) is 0 Å². The van der Waals surface area contributed by atoms with E-state index < -0.39 is 0 Å². The molecule has 0 atom stereocenters. The number of anilines is 1. The Kier molecular flexibility index (Phi) is 5.46. The smallest absolute Gasteiger partial charge is 0.256 e. The van der Waals surface area contributed by atoms with Crippen LogP contribution in [0, 0.1) is 13.8 Å². The summed E-state index contributed by atoms with van der Waals surface area (Å²) in [6.45, 7) is 3.77. The van der Waals surface area contributed by atoms with Crippen molar-refractivity contribution in [2.24, 2.45) is 0 Å². The number of fused-ring (bicyclic) bond motifs is 1. The van der Waals surface area contributed by atoms with Gasteiger partial charge in [-0.25, -0.2) is 4.98 Å². The lowest BCUT2D eigenvalue weighted by Gasteiger charge is -2.07. The molecule has 0 fully saturated rings. The van der Waals surface area contributed by atoms with Gasteiger partial charge >= 0.3 is 0 Å². The summed E-state index contributed by atoms with van der Waals surface area (Å²) in [5.41, 5.74) is 2.76. The van der Waals surface area contributed by atoms with Gasteiger partial charge in [-0.2, -0.15) is 21.3 Å². The van der Waals surface area contributed by atoms with Crippen molar-refractivity contribution < 1.29 is 13.7 Å². The van der Waals surface area contributed by atoms with Gasteiger partial charge in [0, 0.05) is 22.1 Å². The maximum atomic E-state index is 12.7. The van der Waals surface area contributed by atoms with Gasteiger partial charge in [0.25, 0.3) is 5.91 Å². The molecule has 4 aromatic heterocycles. The van der Waals surface area contributed by atoms with Gasteiger partial charge in [-0.15, -0.1) is 0 Å². The molecule has 8 nitrogen and oxygen atoms in total. The molecule has 0 aliphatic heterocycles. The van der Waals surface area contributed by atoms with Crippen LogP contribution in [0.1, 0.15) is 27.6 Å². The van der Waals surface area contributed by atoms with Gasteiger partial charge in [0.1, 0.15) is 11.6 Å². The fourth-order valence-electron chi connectivity index (χ4n) is 3.10. The number of carbonyl (C=O) groups is 1. The third-order valence-electron chi connectivity index (χ3n) is 4.85. The number of aromatic nitrogens is 4. The molecule has 5 aromatic rings. The van der Waals surface area contributed by atoms with Crippen LogP contribution in [-0.4, -0.2) is 26.0 Å². The van der Waals surface area contributed by atoms with Crippen molar-refractivity contribution in [3.8, 4) is 11.4 Å². The minimum absolute atomic E-state index is 0.253. The van der Waals surface area contributed by atoms with Crippen molar-refractivity contribution in [1.29, 1.82) is 0 Å². The van der Waals surface area contributed by atoms with E-state index >= 15 is 0 Å². The lowest BCUT2D eigenvalue weighted by atomic mass is 10.2. The Hall–Kier alpha value is -3.50. The van der Waals surface area contributed by atoms with E-state index in [2.05, 4.69) is 25.4 Å². The SMILES string of the molecule is Cc1oc2nc(SCc3nc(-c4ccsc4)no3)nc(NC(=O)c3ccccc3)c2c1C. The van der Waals surface area contributed by atoms with E-state index in [0.717, 1.165) is 16.9 Å². The van der Waals surface area contributed by atoms with Crippen LogP contribution in [0.4, 0.5) is 5.82 Å². The molecule has 10 heteroatoms. The van der Waals surface area contributed by atoms with Crippen LogP contribution < -0.4 is 5.32 Å². The monoisotopic (exact) mass is 463 g/mol. The predicted molar refractivity (Wildman–Crippen MR) is 123 cm³/mol. The summed E-state index contributed by atoms with van der Waals surface area (Å²) in [7, 11) is 0. The molecule has 0 saturated carbocycles. The van der Waals surface area contributed by atoms with Crippen molar-refractivity contribution in [3.05, 3.63) is 69.9 Å². The topological polar surface area (TPSA) is 107 Å². The number of rotatable bonds is 6. The summed E-state index contributed by atoms with van der Waals surface area (Å²) >= 11 is 2.89. The lowest BCUT2D eigenvalue weighted by Crippen LogP contribution is -2.13. The standard InChI is InChI=1S/C22H17N5O3S2/c1-12-13(2)29-21-17(12)19(24-20(28)14-6-4-3-5-7-14)25-22(26-21)32-11-16-23-18(27-30-16)15-8-9-31-10-15/h3-10H,11H2,1-2H3,(H,24,25,26,28). The fraction of sp³-hybridized carbons (Fsp3) is 0.136. The molecule has 0 radical (unpaired) electrons. The molecule has 32 heavy (non-hydrogen) atoms. The predicted octanol–water partition coefficient (Wildman–Crippen LogP) is 5.50. The number of nitrogens with zero attached hydrogens (tertiary/aromatic N) is 4. The second-order valence-corrected chi connectivity index (χ2v) is 8.67. The van der Waals surface area contributed by atoms with E-state index in [1.807, 2.05) is 48.9 Å². The zero-order valence-corrected chi connectivity index (χ0v) is 18.8. The molecule has 160 valence electrons. The first kappa shape index (κ1) is 20.4. The number of furan rings is 1. The summed E-state index contributed by atoms with van der Waals surface area (Å²) in [6, 6.07) is 10.9. The van der Waals surface area contributed by atoms with E-state index in [0.29, 0.717) is 45.1 Å². The Bertz CT molecular complexity index is 1390. The molecule has 0 aliphatic carbocycles. The molecule has 0 spiro atoms. The molecule has 0 unspecified atom stereocenters. The highest BCUT2D eigenvalue weighted by molar-refractivity contribution is 7.98. The second kappa shape index (κ2) is 8.56. The summed E-state index contributed by atoms with van der Waals surface area (Å²) in [5.74, 6) is 2.27. The van der Waals surface area contributed by atoms with Gasteiger partial charge in [-0.3, -0.25) is 4.79 Å². The number of hydrogen-bond donors (Lipinski definition) is 1. The van der Waals surface area contributed by atoms with Crippen molar-refractivity contribution in [2.75, 3.05) is 5.32 Å². The van der Waals surface area contributed by atoms with Crippen LogP contribution in [0.25, 0.3) is 22.5 Å². The molecule has 1 N–H and O–H groups in total. The van der Waals surface area contributed by atoms with Crippen molar-refractivity contribution in [2.45, 2.75) is 24.8 Å². The first-order chi connectivity index (χ1) is 15.6. The average molecular weight is 464 g/mol. The van der Waals surface area contributed by atoms with Gasteiger partial charge in [0.15, 0.2) is 5.16 Å². The molecular weight excluding hydrogens is 446 g/mol. The number of aryl methyl sites for hydroxylation is 2. The van der Waals surface area contributed by atoms with Gasteiger partial charge in [-0.05, 0) is 37.4 Å². The van der Waals surface area contributed by atoms with Crippen LogP contribution >= 0.6 is 23.1 Å². The first-order valence-corrected chi connectivity index (χ1v) is 11.6. The molecule has 1 amide bonds. The van der Waals surface area contributed by atoms with Crippen molar-refractivity contribution >= 4 is 45.9 Å². The highest BCUT2D eigenvalue weighted by Gasteiger charge is 2.19. The fourth-order valence-corrected chi connectivity index (χ4v) is 4.41. The van der Waals surface area contributed by atoms with Crippen LogP contribution in [-0.2, 0) is 5.75 Å². The van der Waals surface area contributed by atoms with Gasteiger partial charge in [0.05, 0.1) is 11.1 Å². The maximum absolute atomic E-state index is 12.7. The van der Waals surface area contributed by atoms with E-state index in [-0.39, 0.29) is 5.91 Å². The van der Waals surface area contributed by atoms with Crippen molar-refractivity contribution in [1.82, 2.24) is 20.1 Å². The van der Waals surface area contributed by atoms with Crippen LogP contribution in [0.5, 0.6) is 0 Å². The minimum Gasteiger partial charge on any atom is -0.443 e. The number of thioether (sulfide) groups is 1. The molecule has 0 bridgehead atoms.